The molecule has 6 nitrogen and oxygen atoms in total. The topological polar surface area (TPSA) is 65.1 Å². The molecular formula is C16H27F2NO5. The maximum absolute atomic E-state index is 13.2. The van der Waals surface area contributed by atoms with Gasteiger partial charge in [0.15, 0.2) is 5.54 Å². The van der Waals surface area contributed by atoms with Gasteiger partial charge < -0.3 is 14.2 Å². The maximum Gasteiger partial charge on any atom is 0.413 e. The van der Waals surface area contributed by atoms with Crippen LogP contribution in [0.5, 0.6) is 0 Å². The first-order valence-electron chi connectivity index (χ1n) is 7.75. The van der Waals surface area contributed by atoms with Crippen LogP contribution in [0.2, 0.25) is 0 Å². The molecule has 1 saturated heterocycles. The zero-order valence-electron chi connectivity index (χ0n) is 15.3. The molecule has 0 bridgehead atoms. The van der Waals surface area contributed by atoms with Gasteiger partial charge in [-0.25, -0.2) is 18.4 Å². The maximum atomic E-state index is 13.2. The highest BCUT2D eigenvalue weighted by atomic mass is 19.3. The lowest BCUT2D eigenvalue weighted by Crippen LogP contribution is -2.61. The van der Waals surface area contributed by atoms with Crippen molar-refractivity contribution in [3.8, 4) is 0 Å². The summed E-state index contributed by atoms with van der Waals surface area (Å²) in [5.41, 5.74) is -3.38. The Hall–Kier alpha value is -1.44. The number of hydrogen-bond donors (Lipinski definition) is 0. The number of nitrogens with zero attached hydrogens (tertiary/aromatic N) is 1. The molecule has 8 heteroatoms. The summed E-state index contributed by atoms with van der Waals surface area (Å²) >= 11 is 0. The molecule has 0 saturated carbocycles. The van der Waals surface area contributed by atoms with Crippen LogP contribution in [0.25, 0.3) is 0 Å². The fourth-order valence-corrected chi connectivity index (χ4v) is 2.65. The predicted molar refractivity (Wildman–Crippen MR) is 82.6 cm³/mol. The Bertz CT molecular complexity index is 484. The van der Waals surface area contributed by atoms with Crippen molar-refractivity contribution in [1.29, 1.82) is 0 Å². The van der Waals surface area contributed by atoms with E-state index in [0.717, 1.165) is 12.0 Å². The van der Waals surface area contributed by atoms with E-state index in [1.54, 1.807) is 41.5 Å². The molecule has 0 aromatic carbocycles. The molecule has 1 fully saturated rings. The Kier molecular flexibility index (Phi) is 5.85. The summed E-state index contributed by atoms with van der Waals surface area (Å²) in [7, 11) is 1.09. The average Bonchev–Trinajstić information content (AvgIpc) is 2.75. The van der Waals surface area contributed by atoms with E-state index >= 15 is 0 Å². The van der Waals surface area contributed by atoms with Crippen molar-refractivity contribution in [2.75, 3.05) is 13.7 Å². The van der Waals surface area contributed by atoms with Crippen LogP contribution in [0.4, 0.5) is 13.6 Å². The van der Waals surface area contributed by atoms with Crippen molar-refractivity contribution in [2.45, 2.75) is 71.8 Å². The number of alkyl halides is 2. The fourth-order valence-electron chi connectivity index (χ4n) is 2.65. The standard InChI is InChI=1S/C16H27F2NO5/c1-14(2,3)11-19(13(21)24-15(4,5)6)16(9-23-11,8-10(17)18)12(20)22-7/h10-11H,8-9H2,1-7H3. The van der Waals surface area contributed by atoms with Crippen molar-refractivity contribution in [3.05, 3.63) is 0 Å². The van der Waals surface area contributed by atoms with E-state index in [1.807, 2.05) is 0 Å². The lowest BCUT2D eigenvalue weighted by molar-refractivity contribution is -0.157. The molecule has 24 heavy (non-hydrogen) atoms. The van der Waals surface area contributed by atoms with Gasteiger partial charge in [-0.2, -0.15) is 0 Å². The summed E-state index contributed by atoms with van der Waals surface area (Å²) in [6, 6.07) is 0. The van der Waals surface area contributed by atoms with Crippen molar-refractivity contribution in [3.63, 3.8) is 0 Å². The van der Waals surface area contributed by atoms with Crippen LogP contribution in [0.15, 0.2) is 0 Å². The second kappa shape index (κ2) is 6.82. The molecule has 0 N–H and O–H groups in total. The van der Waals surface area contributed by atoms with E-state index < -0.39 is 47.7 Å². The number of ether oxygens (including phenoxy) is 3. The van der Waals surface area contributed by atoms with Gasteiger partial charge in [0.25, 0.3) is 0 Å². The van der Waals surface area contributed by atoms with E-state index in [0.29, 0.717) is 0 Å². The number of carbonyl (C=O) groups is 2. The lowest BCUT2D eigenvalue weighted by atomic mass is 9.89. The lowest BCUT2D eigenvalue weighted by Gasteiger charge is -2.40. The fraction of sp³-hybridized carbons (Fsp3) is 0.875. The van der Waals surface area contributed by atoms with E-state index in [9.17, 15) is 18.4 Å². The monoisotopic (exact) mass is 351 g/mol. The molecular weight excluding hydrogens is 324 g/mol. The van der Waals surface area contributed by atoms with E-state index in [-0.39, 0.29) is 6.61 Å². The van der Waals surface area contributed by atoms with Gasteiger partial charge in [-0.3, -0.25) is 4.90 Å². The number of methoxy groups -OCH3 is 1. The number of carbonyl (C=O) groups excluding carboxylic acids is 2. The molecule has 2 atom stereocenters. The van der Waals surface area contributed by atoms with Crippen LogP contribution in [0, 0.1) is 5.41 Å². The van der Waals surface area contributed by atoms with Gasteiger partial charge >= 0.3 is 12.1 Å². The molecule has 2 unspecified atom stereocenters. The van der Waals surface area contributed by atoms with Crippen LogP contribution in [-0.4, -0.2) is 54.5 Å². The summed E-state index contributed by atoms with van der Waals surface area (Å²) in [4.78, 5) is 26.0. The van der Waals surface area contributed by atoms with Crippen molar-refractivity contribution >= 4 is 12.1 Å². The molecule has 1 aliphatic heterocycles. The molecule has 0 aliphatic carbocycles. The molecule has 0 spiro atoms. The van der Waals surface area contributed by atoms with E-state index in [2.05, 4.69) is 0 Å². The Morgan fingerprint density at radius 2 is 1.79 bits per heavy atom. The summed E-state index contributed by atoms with van der Waals surface area (Å²) in [5.74, 6) is -0.944. The predicted octanol–water partition coefficient (Wildman–Crippen LogP) is 3.19. The third-order valence-corrected chi connectivity index (χ3v) is 3.56. The molecule has 1 aliphatic rings. The van der Waals surface area contributed by atoms with Gasteiger partial charge in [-0.15, -0.1) is 0 Å². The highest BCUT2D eigenvalue weighted by Crippen LogP contribution is 2.41. The van der Waals surface area contributed by atoms with Crippen LogP contribution in [0.1, 0.15) is 48.0 Å². The van der Waals surface area contributed by atoms with Crippen LogP contribution in [-0.2, 0) is 19.0 Å². The first-order valence-corrected chi connectivity index (χ1v) is 7.75. The Labute approximate surface area is 141 Å². The first-order chi connectivity index (χ1) is 10.7. The number of halogens is 2. The smallest absolute Gasteiger partial charge is 0.413 e. The van der Waals surface area contributed by atoms with E-state index in [4.69, 9.17) is 14.2 Å². The average molecular weight is 351 g/mol. The van der Waals surface area contributed by atoms with Crippen LogP contribution >= 0.6 is 0 Å². The minimum absolute atomic E-state index is 0.370. The Balaban J connectivity index is 3.38. The highest BCUT2D eigenvalue weighted by molar-refractivity contribution is 5.87. The molecule has 1 rings (SSSR count). The molecule has 1 heterocycles. The third kappa shape index (κ3) is 4.34. The second-order valence-electron chi connectivity index (χ2n) is 8.00. The SMILES string of the molecule is COC(=O)C1(CC(F)F)COC(C(C)(C)C)N1C(=O)OC(C)(C)C. The molecule has 0 aromatic rings. The van der Waals surface area contributed by atoms with Gasteiger partial charge in [-0.05, 0) is 20.8 Å². The quantitative estimate of drug-likeness (QED) is 0.731. The van der Waals surface area contributed by atoms with Crippen LogP contribution in [0.3, 0.4) is 0 Å². The number of rotatable bonds is 3. The van der Waals surface area contributed by atoms with Gasteiger partial charge in [0.1, 0.15) is 11.8 Å². The normalized spacial score (nSPS) is 25.1. The second-order valence-corrected chi connectivity index (χ2v) is 8.00. The summed E-state index contributed by atoms with van der Waals surface area (Å²) < 4.78 is 42.0. The molecule has 140 valence electrons. The zero-order valence-corrected chi connectivity index (χ0v) is 15.3. The zero-order chi connectivity index (χ0) is 18.9. The van der Waals surface area contributed by atoms with Crippen LogP contribution < -0.4 is 0 Å². The largest absolute Gasteiger partial charge is 0.467 e. The third-order valence-electron chi connectivity index (χ3n) is 3.56. The minimum Gasteiger partial charge on any atom is -0.467 e. The molecule has 0 aromatic heterocycles. The minimum atomic E-state index is -2.82. The Morgan fingerprint density at radius 1 is 1.25 bits per heavy atom. The molecule has 0 radical (unpaired) electrons. The number of hydrogen-bond acceptors (Lipinski definition) is 5. The van der Waals surface area contributed by atoms with E-state index in [1.165, 1.54) is 0 Å². The summed E-state index contributed by atoms with van der Waals surface area (Å²) in [5, 5.41) is 0. The van der Waals surface area contributed by atoms with Crippen molar-refractivity contribution < 1.29 is 32.6 Å². The van der Waals surface area contributed by atoms with Crippen molar-refractivity contribution in [2.24, 2.45) is 5.41 Å². The van der Waals surface area contributed by atoms with Gasteiger partial charge in [0, 0.05) is 11.8 Å². The highest BCUT2D eigenvalue weighted by Gasteiger charge is 2.60. The van der Waals surface area contributed by atoms with Gasteiger partial charge in [-0.1, -0.05) is 20.8 Å². The van der Waals surface area contributed by atoms with Gasteiger partial charge in [0.2, 0.25) is 6.43 Å². The summed E-state index contributed by atoms with van der Waals surface area (Å²) in [6.45, 7) is 9.94. The first kappa shape index (κ1) is 20.6. The number of esters is 1. The van der Waals surface area contributed by atoms with Crippen molar-refractivity contribution in [1.82, 2.24) is 4.90 Å². The summed E-state index contributed by atoms with van der Waals surface area (Å²) in [6.07, 6.45) is -5.49. The Morgan fingerprint density at radius 3 is 2.17 bits per heavy atom. The molecule has 1 amide bonds. The van der Waals surface area contributed by atoms with Gasteiger partial charge in [0.05, 0.1) is 13.7 Å². The number of amides is 1.